The summed E-state index contributed by atoms with van der Waals surface area (Å²) in [6, 6.07) is 14.9. The van der Waals surface area contributed by atoms with Gasteiger partial charge in [-0.05, 0) is 79.0 Å². The number of ether oxygens (including phenoxy) is 1. The molecule has 2 rings (SSSR count). The molecule has 7 nitrogen and oxygen atoms in total. The Morgan fingerprint density at radius 1 is 0.892 bits per heavy atom. The van der Waals surface area contributed by atoms with Crippen LogP contribution in [0.25, 0.3) is 0 Å². The average Bonchev–Trinajstić information content (AvgIpc) is 2.75. The Hall–Kier alpha value is -3.35. The molecule has 0 heterocycles. The van der Waals surface area contributed by atoms with Gasteiger partial charge in [0.2, 0.25) is 11.8 Å². The van der Waals surface area contributed by atoms with E-state index in [1.165, 1.54) is 0 Å². The van der Waals surface area contributed by atoms with Crippen molar-refractivity contribution in [2.45, 2.75) is 98.0 Å². The Labute approximate surface area is 222 Å². The highest BCUT2D eigenvalue weighted by Crippen LogP contribution is 2.28. The molecule has 2 N–H and O–H groups in total. The number of amides is 3. The Morgan fingerprint density at radius 3 is 1.97 bits per heavy atom. The Morgan fingerprint density at radius 2 is 1.46 bits per heavy atom. The summed E-state index contributed by atoms with van der Waals surface area (Å²) in [5.41, 5.74) is 1.30. The number of carbonyl (C=O) groups excluding carboxylic acids is 3. The lowest BCUT2D eigenvalue weighted by atomic mass is 9.95. The first kappa shape index (κ1) is 29.9. The van der Waals surface area contributed by atoms with Crippen molar-refractivity contribution in [2.24, 2.45) is 0 Å². The van der Waals surface area contributed by atoms with Crippen LogP contribution in [0.1, 0.15) is 78.1 Å². The predicted molar refractivity (Wildman–Crippen MR) is 147 cm³/mol. The van der Waals surface area contributed by atoms with E-state index in [9.17, 15) is 14.4 Å². The highest BCUT2D eigenvalue weighted by atomic mass is 16.6. The molecule has 7 heteroatoms. The fraction of sp³-hybridized carbons (Fsp3) is 0.500. The van der Waals surface area contributed by atoms with Crippen molar-refractivity contribution in [1.82, 2.24) is 15.5 Å². The molecular formula is C30H43N3O4. The fourth-order valence-electron chi connectivity index (χ4n) is 4.11. The van der Waals surface area contributed by atoms with Crippen LogP contribution in [-0.4, -0.2) is 46.0 Å². The first-order chi connectivity index (χ1) is 17.1. The third kappa shape index (κ3) is 9.23. The van der Waals surface area contributed by atoms with E-state index < -0.39 is 29.3 Å². The van der Waals surface area contributed by atoms with Gasteiger partial charge < -0.3 is 20.3 Å². The van der Waals surface area contributed by atoms with Gasteiger partial charge in [-0.2, -0.15) is 0 Å². The summed E-state index contributed by atoms with van der Waals surface area (Å²) < 4.78 is 5.47. The molecule has 0 radical (unpaired) electrons. The summed E-state index contributed by atoms with van der Waals surface area (Å²) in [5.74, 6) is -0.637. The first-order valence-electron chi connectivity index (χ1n) is 12.8. The standard InChI is InChI=1S/C30H43N3O4/c1-20(2)33(25(26(34)32-29(4,5)6)23-18-14-13-15-21(23)3)27(35)24(19-22-16-11-10-12-17-22)31-28(36)37-30(7,8)9/h10-18,20,24-25H,19H2,1-9H3,(H,31,36)(H,32,34). The normalized spacial score (nSPS) is 13.5. The summed E-state index contributed by atoms with van der Waals surface area (Å²) in [6.07, 6.45) is -0.430. The zero-order valence-electron chi connectivity index (χ0n) is 23.7. The van der Waals surface area contributed by atoms with Gasteiger partial charge in [0.05, 0.1) is 0 Å². The van der Waals surface area contributed by atoms with Gasteiger partial charge in [0.25, 0.3) is 0 Å². The van der Waals surface area contributed by atoms with Crippen LogP contribution in [-0.2, 0) is 20.7 Å². The molecule has 0 fully saturated rings. The molecule has 2 aromatic carbocycles. The van der Waals surface area contributed by atoms with Crippen LogP contribution in [0.4, 0.5) is 4.79 Å². The maximum atomic E-state index is 14.3. The lowest BCUT2D eigenvalue weighted by Crippen LogP contribution is -2.57. The van der Waals surface area contributed by atoms with Gasteiger partial charge in [-0.25, -0.2) is 4.79 Å². The number of hydrogen-bond acceptors (Lipinski definition) is 4. The van der Waals surface area contributed by atoms with Crippen molar-refractivity contribution >= 4 is 17.9 Å². The molecule has 37 heavy (non-hydrogen) atoms. The molecule has 2 aromatic rings. The van der Waals surface area contributed by atoms with E-state index in [1.807, 2.05) is 96.1 Å². The molecule has 202 valence electrons. The second-order valence-electron chi connectivity index (χ2n) is 11.7. The van der Waals surface area contributed by atoms with Crippen LogP contribution in [0.15, 0.2) is 54.6 Å². The topological polar surface area (TPSA) is 87.7 Å². The zero-order valence-corrected chi connectivity index (χ0v) is 23.7. The Kier molecular flexibility index (Phi) is 9.90. The molecule has 0 bridgehead atoms. The van der Waals surface area contributed by atoms with E-state index >= 15 is 0 Å². The van der Waals surface area contributed by atoms with Gasteiger partial charge in [0.15, 0.2) is 0 Å². The molecule has 3 amide bonds. The zero-order chi connectivity index (χ0) is 28.0. The van der Waals surface area contributed by atoms with Gasteiger partial charge in [-0.1, -0.05) is 54.6 Å². The Bertz CT molecular complexity index is 1070. The largest absolute Gasteiger partial charge is 0.444 e. The minimum absolute atomic E-state index is 0.253. The lowest BCUT2D eigenvalue weighted by molar-refractivity contribution is -0.145. The molecule has 0 aliphatic heterocycles. The molecule has 0 saturated carbocycles. The molecule has 0 aromatic heterocycles. The van der Waals surface area contributed by atoms with E-state index in [0.717, 1.165) is 16.7 Å². The molecule has 2 unspecified atom stereocenters. The summed E-state index contributed by atoms with van der Waals surface area (Å²) in [7, 11) is 0. The Balaban J connectivity index is 2.56. The summed E-state index contributed by atoms with van der Waals surface area (Å²) in [5, 5.41) is 5.83. The lowest BCUT2D eigenvalue weighted by Gasteiger charge is -2.39. The molecule has 0 spiro atoms. The highest BCUT2D eigenvalue weighted by Gasteiger charge is 2.39. The minimum Gasteiger partial charge on any atom is -0.444 e. The fourth-order valence-corrected chi connectivity index (χ4v) is 4.11. The number of nitrogens with one attached hydrogen (secondary N) is 2. The van der Waals surface area contributed by atoms with Crippen molar-refractivity contribution < 1.29 is 19.1 Å². The molecule has 0 aliphatic carbocycles. The number of rotatable bonds is 8. The van der Waals surface area contributed by atoms with Crippen LogP contribution < -0.4 is 10.6 Å². The number of alkyl carbamates (subject to hydrolysis) is 1. The van der Waals surface area contributed by atoms with E-state index in [-0.39, 0.29) is 24.3 Å². The quantitative estimate of drug-likeness (QED) is 0.504. The summed E-state index contributed by atoms with van der Waals surface area (Å²) in [6.45, 7) is 16.7. The highest BCUT2D eigenvalue weighted by molar-refractivity contribution is 5.93. The summed E-state index contributed by atoms with van der Waals surface area (Å²) >= 11 is 0. The van der Waals surface area contributed by atoms with Crippen molar-refractivity contribution in [3.8, 4) is 0 Å². The molecular weight excluding hydrogens is 466 g/mol. The van der Waals surface area contributed by atoms with Crippen molar-refractivity contribution in [2.75, 3.05) is 0 Å². The number of benzene rings is 2. The van der Waals surface area contributed by atoms with Crippen LogP contribution >= 0.6 is 0 Å². The number of hydrogen-bond donors (Lipinski definition) is 2. The van der Waals surface area contributed by atoms with E-state index in [1.54, 1.807) is 25.7 Å². The van der Waals surface area contributed by atoms with Crippen molar-refractivity contribution in [1.29, 1.82) is 0 Å². The van der Waals surface area contributed by atoms with E-state index in [0.29, 0.717) is 0 Å². The van der Waals surface area contributed by atoms with Crippen LogP contribution in [0.5, 0.6) is 0 Å². The van der Waals surface area contributed by atoms with Gasteiger partial charge >= 0.3 is 6.09 Å². The van der Waals surface area contributed by atoms with Crippen LogP contribution in [0.3, 0.4) is 0 Å². The van der Waals surface area contributed by atoms with Crippen molar-refractivity contribution in [3.05, 3.63) is 71.3 Å². The smallest absolute Gasteiger partial charge is 0.408 e. The molecule has 0 aliphatic rings. The number of carbonyl (C=O) groups is 3. The number of nitrogens with zero attached hydrogens (tertiary/aromatic N) is 1. The summed E-state index contributed by atoms with van der Waals surface area (Å²) in [4.78, 5) is 42.4. The number of aryl methyl sites for hydroxylation is 1. The first-order valence-corrected chi connectivity index (χ1v) is 12.8. The molecule has 0 saturated heterocycles. The maximum Gasteiger partial charge on any atom is 0.408 e. The maximum absolute atomic E-state index is 14.3. The van der Waals surface area contributed by atoms with Gasteiger partial charge in [0, 0.05) is 18.0 Å². The third-order valence-corrected chi connectivity index (χ3v) is 5.59. The van der Waals surface area contributed by atoms with E-state index in [4.69, 9.17) is 4.74 Å². The molecule has 2 atom stereocenters. The second-order valence-corrected chi connectivity index (χ2v) is 11.7. The predicted octanol–water partition coefficient (Wildman–Crippen LogP) is 5.32. The minimum atomic E-state index is -0.936. The van der Waals surface area contributed by atoms with Gasteiger partial charge in [0.1, 0.15) is 17.7 Å². The SMILES string of the molecule is Cc1ccccc1C(C(=O)NC(C)(C)C)N(C(=O)C(Cc1ccccc1)NC(=O)OC(C)(C)C)C(C)C. The van der Waals surface area contributed by atoms with Gasteiger partial charge in [-0.15, -0.1) is 0 Å². The van der Waals surface area contributed by atoms with Crippen LogP contribution in [0.2, 0.25) is 0 Å². The monoisotopic (exact) mass is 509 g/mol. The second kappa shape index (κ2) is 12.3. The van der Waals surface area contributed by atoms with Crippen LogP contribution in [0, 0.1) is 6.92 Å². The van der Waals surface area contributed by atoms with Crippen molar-refractivity contribution in [3.63, 3.8) is 0 Å². The van der Waals surface area contributed by atoms with E-state index in [2.05, 4.69) is 10.6 Å². The third-order valence-electron chi connectivity index (χ3n) is 5.59. The average molecular weight is 510 g/mol. The van der Waals surface area contributed by atoms with Gasteiger partial charge in [-0.3, -0.25) is 9.59 Å².